The number of allylic oxidation sites excluding steroid dienone is 6. The number of rotatable bonds is 20. The second-order valence-electron chi connectivity index (χ2n) is 16.1. The number of hydrogen-bond donors (Lipinski definition) is 3. The maximum atomic E-state index is 12.4. The largest absolute Gasteiger partial charge is 0.748 e. The van der Waals surface area contributed by atoms with E-state index in [1.165, 1.54) is 36.4 Å². The summed E-state index contributed by atoms with van der Waals surface area (Å²) in [6, 6.07) is 8.07. The first-order valence-corrected chi connectivity index (χ1v) is 25.9. The smallest absolute Gasteiger partial charge is 0.333 e. The van der Waals surface area contributed by atoms with Crippen molar-refractivity contribution in [3.8, 4) is 0 Å². The van der Waals surface area contributed by atoms with Crippen LogP contribution in [0.25, 0.3) is 0 Å². The Morgan fingerprint density at radius 1 is 0.773 bits per heavy atom. The van der Waals surface area contributed by atoms with Gasteiger partial charge in [0.15, 0.2) is 5.71 Å². The third-order valence-corrected chi connectivity index (χ3v) is 14.5. The molecule has 3 heterocycles. The van der Waals surface area contributed by atoms with Crippen LogP contribution >= 0.6 is 0 Å². The van der Waals surface area contributed by atoms with Gasteiger partial charge >= 0.3 is 5.97 Å². The monoisotopic (exact) mass is 1020 g/mol. The molecule has 3 N–H and O–H groups in total. The number of amides is 2. The molecule has 2 aromatic rings. The fourth-order valence-corrected chi connectivity index (χ4v) is 10.1. The van der Waals surface area contributed by atoms with E-state index < -0.39 is 80.6 Å². The average molecular weight is 1030 g/mol. The number of fused-ring (bicyclic) bond motifs is 2. The van der Waals surface area contributed by atoms with Crippen LogP contribution in [0.2, 0.25) is 0 Å². The number of unbranched alkanes of at least 4 members (excludes halogenated alkanes) is 2. The van der Waals surface area contributed by atoms with Crippen molar-refractivity contribution in [1.82, 2.24) is 5.06 Å². The van der Waals surface area contributed by atoms with Gasteiger partial charge in [-0.3, -0.25) is 23.2 Å². The van der Waals surface area contributed by atoms with Gasteiger partial charge in [0.05, 0.1) is 31.1 Å². The van der Waals surface area contributed by atoms with E-state index in [4.69, 9.17) is 4.84 Å². The normalized spacial score (nSPS) is 19.0. The Hall–Kier alpha value is -1.62. The summed E-state index contributed by atoms with van der Waals surface area (Å²) >= 11 is 0. The van der Waals surface area contributed by atoms with Crippen LogP contribution in [-0.4, -0.2) is 198 Å². The van der Waals surface area contributed by atoms with E-state index >= 15 is 0 Å². The molecule has 0 bridgehead atoms. The summed E-state index contributed by atoms with van der Waals surface area (Å²) in [6.07, 6.45) is 9.73. The molecule has 3 radical (unpaired) electrons. The number of benzene rings is 2. The van der Waals surface area contributed by atoms with E-state index in [0.29, 0.717) is 64.7 Å². The van der Waals surface area contributed by atoms with E-state index in [2.05, 4.69) is 0 Å². The molecule has 1 fully saturated rings. The van der Waals surface area contributed by atoms with E-state index in [9.17, 15) is 66.3 Å². The summed E-state index contributed by atoms with van der Waals surface area (Å²) in [5.41, 5.74) is 1.40. The number of nitrogens with zero attached hydrogens (tertiary/aromatic N) is 3. The summed E-state index contributed by atoms with van der Waals surface area (Å²) in [6.45, 7) is 5.60. The van der Waals surface area contributed by atoms with Crippen LogP contribution in [0.3, 0.4) is 0 Å². The number of anilines is 1. The molecule has 66 heavy (non-hydrogen) atoms. The Morgan fingerprint density at radius 2 is 1.36 bits per heavy atom. The van der Waals surface area contributed by atoms with Crippen molar-refractivity contribution < 1.29 is 75.7 Å². The molecule has 0 aromatic heterocycles. The maximum Gasteiger partial charge on any atom is 0.333 e. The number of imide groups is 1. The molecule has 2 aromatic carbocycles. The SMILES string of the molecule is CC1(C)C(C=CC=CC=C2N(CCCS(=O)(=O)[O-])c3ccc(S(=O)(=O)O)cc3C2(C)CCCCCC(=O)ON2C(=O)CCC2=O)=[N+](CCCS(=O)(=O)O)c2ccc(S(=O)(=O)O)cc21.[Na].[Na].[Na]. The van der Waals surface area contributed by atoms with E-state index in [1.807, 2.05) is 20.8 Å². The number of carbonyl (C=O) groups is 3. The van der Waals surface area contributed by atoms with Crippen LogP contribution < -0.4 is 4.90 Å². The summed E-state index contributed by atoms with van der Waals surface area (Å²) in [4.78, 5) is 42.1. The molecule has 19 nitrogen and oxygen atoms in total. The van der Waals surface area contributed by atoms with Gasteiger partial charge < -0.3 is 14.3 Å². The van der Waals surface area contributed by atoms with Gasteiger partial charge in [-0.25, -0.2) is 13.2 Å². The topological polar surface area (TPSA) is 290 Å². The Bertz CT molecular complexity index is 2760. The Kier molecular flexibility index (Phi) is 22.0. The predicted molar refractivity (Wildman–Crippen MR) is 244 cm³/mol. The van der Waals surface area contributed by atoms with E-state index in [-0.39, 0.29) is 144 Å². The molecule has 3 aliphatic heterocycles. The molecular formula is C40H49N3Na3O16S4. The molecule has 0 saturated carbocycles. The summed E-state index contributed by atoms with van der Waals surface area (Å²) < 4.78 is 137. The standard InChI is InChI=1S/C40H49N3O16S4.3Na/c1-39(2)30-26-28(62(53,54)55)15-17-32(30)41(22-10-24-60(47,48)49)34(39)12-6-4-7-13-35-40(3,21-9-5-8-14-38(46)59-43-36(44)19-20-37(43)45)31-27-29(63(56,57)58)16-18-33(31)42(35)23-11-25-61(50,51)52;;;/h4,6-7,12-13,15-18,26-27H,5,8-11,14,19-25H2,1-3H3,(H3-,47,48,49,50,51,52,53,54,55,56,57,58);;;. The van der Waals surface area contributed by atoms with E-state index in [1.54, 1.807) is 39.9 Å². The first-order chi connectivity index (χ1) is 29.1. The van der Waals surface area contributed by atoms with Crippen LogP contribution in [0, 0.1) is 0 Å². The quantitative estimate of drug-likeness (QED) is 0.0429. The van der Waals surface area contributed by atoms with Crippen molar-refractivity contribution >= 4 is 164 Å². The molecule has 2 amide bonds. The zero-order chi connectivity index (χ0) is 46.8. The van der Waals surface area contributed by atoms with Gasteiger partial charge in [-0.15, -0.1) is 5.06 Å². The van der Waals surface area contributed by atoms with Gasteiger partial charge in [-0.05, 0) is 82.0 Å². The first-order valence-electron chi connectivity index (χ1n) is 19.8. The minimum Gasteiger partial charge on any atom is -0.748 e. The summed E-state index contributed by atoms with van der Waals surface area (Å²) in [5.74, 6) is -3.19. The van der Waals surface area contributed by atoms with Crippen LogP contribution in [-0.2, 0) is 70.5 Å². The molecule has 0 spiro atoms. The molecule has 347 valence electrons. The van der Waals surface area contributed by atoms with Crippen molar-refractivity contribution in [3.63, 3.8) is 0 Å². The zero-order valence-electron chi connectivity index (χ0n) is 37.7. The first kappa shape index (κ1) is 60.5. The second kappa shape index (κ2) is 24.0. The van der Waals surface area contributed by atoms with Crippen molar-refractivity contribution in [2.75, 3.05) is 29.5 Å². The third-order valence-electron chi connectivity index (χ3n) is 11.2. The molecular weight excluding hydrogens is 976 g/mol. The van der Waals surface area contributed by atoms with Crippen molar-refractivity contribution in [2.45, 2.75) is 99.2 Å². The Morgan fingerprint density at radius 3 is 1.94 bits per heavy atom. The van der Waals surface area contributed by atoms with Crippen LogP contribution in [0.1, 0.15) is 89.7 Å². The zero-order valence-corrected chi connectivity index (χ0v) is 46.9. The van der Waals surface area contributed by atoms with E-state index in [0.717, 1.165) is 0 Å². The molecule has 0 aliphatic carbocycles. The fraction of sp³-hybridized carbons (Fsp3) is 0.450. The number of carbonyl (C=O) groups excluding carboxylic acids is 3. The van der Waals surface area contributed by atoms with Crippen LogP contribution in [0.4, 0.5) is 11.4 Å². The molecule has 3 aliphatic rings. The number of hydrogen-bond acceptors (Lipinski definition) is 14. The second-order valence-corrected chi connectivity index (χ2v) is 22.0. The van der Waals surface area contributed by atoms with Crippen molar-refractivity contribution in [2.24, 2.45) is 0 Å². The summed E-state index contributed by atoms with van der Waals surface area (Å²) in [5, 5.41) is 0.469. The van der Waals surface area contributed by atoms with Crippen LogP contribution in [0.5, 0.6) is 0 Å². The molecule has 5 rings (SSSR count). The van der Waals surface area contributed by atoms with Gasteiger partial charge in [-0.1, -0.05) is 31.1 Å². The maximum absolute atomic E-state index is 12.4. The Balaban J connectivity index is 0.00000499. The number of hydroxylamine groups is 2. The molecule has 1 unspecified atom stereocenters. The van der Waals surface area contributed by atoms with Crippen molar-refractivity contribution in [1.29, 1.82) is 0 Å². The average Bonchev–Trinajstić information content (AvgIpc) is 3.68. The summed E-state index contributed by atoms with van der Waals surface area (Å²) in [7, 11) is -18.1. The van der Waals surface area contributed by atoms with Crippen LogP contribution in [0.15, 0.2) is 82.3 Å². The van der Waals surface area contributed by atoms with Gasteiger partial charge in [0, 0.05) is 161 Å². The van der Waals surface area contributed by atoms with Gasteiger partial charge in [-0.2, -0.15) is 29.8 Å². The third kappa shape index (κ3) is 15.2. The fourth-order valence-electron chi connectivity index (χ4n) is 8.14. The van der Waals surface area contributed by atoms with Gasteiger partial charge in [0.2, 0.25) is 5.69 Å². The Labute approximate surface area is 452 Å². The minimum atomic E-state index is -4.67. The molecule has 1 atom stereocenters. The van der Waals surface area contributed by atoms with Gasteiger partial charge in [0.25, 0.3) is 42.2 Å². The van der Waals surface area contributed by atoms with Crippen molar-refractivity contribution in [3.05, 3.63) is 83.6 Å². The molecule has 26 heteroatoms. The molecule has 1 saturated heterocycles. The van der Waals surface area contributed by atoms with Gasteiger partial charge in [0.1, 0.15) is 6.54 Å². The predicted octanol–water partition coefficient (Wildman–Crippen LogP) is 2.96. The minimum absolute atomic E-state index is 0.